The van der Waals surface area contributed by atoms with Crippen LogP contribution < -0.4 is 0 Å². The maximum absolute atomic E-state index is 11.2. The van der Waals surface area contributed by atoms with Crippen molar-refractivity contribution >= 4 is 8.46 Å². The first-order valence-electron chi connectivity index (χ1n) is 7.86. The van der Waals surface area contributed by atoms with E-state index in [1.807, 2.05) is 0 Å². The third kappa shape index (κ3) is 3.80. The molecule has 0 N–H and O–H groups in total. The van der Waals surface area contributed by atoms with Crippen molar-refractivity contribution in [3.8, 4) is 0 Å². The Morgan fingerprint density at radius 3 is 1.55 bits per heavy atom. The Balaban J connectivity index is 1.92. The molecule has 0 heterocycles. The Labute approximate surface area is 124 Å². The summed E-state index contributed by atoms with van der Waals surface area (Å²) in [4.78, 5) is 7.36. The zero-order valence-electron chi connectivity index (χ0n) is 12.1. The molecule has 0 amide bonds. The van der Waals surface area contributed by atoms with E-state index < -0.39 is 0 Å². The predicted molar refractivity (Wildman–Crippen MR) is 82.1 cm³/mol. The third-order valence-corrected chi connectivity index (χ3v) is 6.02. The summed E-state index contributed by atoms with van der Waals surface area (Å²) in [6, 6.07) is 0.471. The second-order valence-corrected chi connectivity index (χ2v) is 7.10. The molecule has 0 bridgehead atoms. The van der Waals surface area contributed by atoms with Crippen LogP contribution in [-0.4, -0.2) is 18.2 Å². The summed E-state index contributed by atoms with van der Waals surface area (Å²) in [5, 5.41) is 0. The normalized spacial score (nSPS) is 35.9. The van der Waals surface area contributed by atoms with Crippen LogP contribution in [0.25, 0.3) is 9.69 Å². The maximum Gasteiger partial charge on any atom is 0.325 e. The largest absolute Gasteiger partial charge is 0.325 e. The van der Waals surface area contributed by atoms with Crippen LogP contribution in [0.4, 0.5) is 0 Å². The summed E-state index contributed by atoms with van der Waals surface area (Å²) >= 11 is 0. The van der Waals surface area contributed by atoms with Crippen LogP contribution in [0, 0.1) is 30.9 Å². The molecule has 0 aromatic carbocycles. The van der Waals surface area contributed by atoms with Crippen LogP contribution in [0.1, 0.15) is 51.4 Å². The van der Waals surface area contributed by atoms with Crippen LogP contribution in [0.2, 0.25) is 0 Å². The predicted octanol–water partition coefficient (Wildman–Crippen LogP) is 4.58. The van der Waals surface area contributed by atoms with E-state index in [4.69, 9.17) is 13.1 Å². The van der Waals surface area contributed by atoms with E-state index in [1.54, 1.807) is 0 Å². The Morgan fingerprint density at radius 2 is 1.25 bits per heavy atom. The van der Waals surface area contributed by atoms with Gasteiger partial charge in [-0.15, -0.1) is 0 Å². The van der Waals surface area contributed by atoms with Crippen molar-refractivity contribution in [1.82, 2.24) is 0 Å². The Kier molecular flexibility index (Phi) is 6.00. The highest BCUT2D eigenvalue weighted by Gasteiger charge is 2.38. The van der Waals surface area contributed by atoms with Gasteiger partial charge in [0.1, 0.15) is 6.16 Å². The lowest BCUT2D eigenvalue weighted by atomic mass is 9.69. The molecule has 2 saturated carbocycles. The fraction of sp³-hybridized carbons (Fsp3) is 0.875. The number of rotatable bonds is 4. The SMILES string of the molecule is [C-]#[N+]C1CCC(C(C[PH+]=O)C2CCC([N+]#[C-])CC2)CC1. The molecule has 0 aromatic rings. The molecule has 108 valence electrons. The van der Waals surface area contributed by atoms with Crippen molar-refractivity contribution in [2.24, 2.45) is 17.8 Å². The Morgan fingerprint density at radius 1 is 0.850 bits per heavy atom. The summed E-state index contributed by atoms with van der Waals surface area (Å²) in [6.07, 6.45) is 9.54. The Bertz CT molecular complexity index is 362. The summed E-state index contributed by atoms with van der Waals surface area (Å²) < 4.78 is 11.2. The lowest BCUT2D eigenvalue weighted by Gasteiger charge is -2.35. The first kappa shape index (κ1) is 15.5. The molecule has 0 saturated heterocycles. The molecule has 20 heavy (non-hydrogen) atoms. The first-order valence-corrected chi connectivity index (χ1v) is 8.98. The van der Waals surface area contributed by atoms with Gasteiger partial charge in [0, 0.05) is 31.6 Å². The van der Waals surface area contributed by atoms with Gasteiger partial charge in [0.2, 0.25) is 12.1 Å². The average molecular weight is 291 g/mol. The molecule has 2 aliphatic carbocycles. The minimum Gasteiger partial charge on any atom is -0.314 e. The molecule has 1 atom stereocenters. The fourth-order valence-corrected chi connectivity index (χ4v) is 4.99. The van der Waals surface area contributed by atoms with Gasteiger partial charge in [0.15, 0.2) is 0 Å². The molecule has 1 unspecified atom stereocenters. The molecule has 2 aliphatic rings. The van der Waals surface area contributed by atoms with Crippen molar-refractivity contribution in [1.29, 1.82) is 0 Å². The molecule has 2 fully saturated rings. The van der Waals surface area contributed by atoms with Gasteiger partial charge in [-0.2, -0.15) is 0 Å². The standard InChI is InChI=1S/C16H23N2OP/c1-17-14-7-3-12(4-8-14)16(11-20-19)13-5-9-15(18-2)10-6-13/h12-16H,3-11H2/p+1. The van der Waals surface area contributed by atoms with E-state index in [9.17, 15) is 4.57 Å². The van der Waals surface area contributed by atoms with Gasteiger partial charge in [0.25, 0.3) is 0 Å². The van der Waals surface area contributed by atoms with Gasteiger partial charge in [0.05, 0.1) is 0 Å². The summed E-state index contributed by atoms with van der Waals surface area (Å²) in [5.74, 6) is 1.91. The zero-order valence-corrected chi connectivity index (χ0v) is 13.1. The summed E-state index contributed by atoms with van der Waals surface area (Å²) in [7, 11) is -0.196. The zero-order chi connectivity index (χ0) is 14.4. The maximum atomic E-state index is 11.2. The van der Waals surface area contributed by atoms with Crippen molar-refractivity contribution in [3.05, 3.63) is 22.8 Å². The van der Waals surface area contributed by atoms with Gasteiger partial charge in [-0.05, 0) is 37.5 Å². The van der Waals surface area contributed by atoms with Crippen molar-refractivity contribution < 1.29 is 4.57 Å². The Hall–Kier alpha value is -0.920. The van der Waals surface area contributed by atoms with E-state index in [2.05, 4.69) is 9.69 Å². The van der Waals surface area contributed by atoms with Crippen LogP contribution in [-0.2, 0) is 4.57 Å². The van der Waals surface area contributed by atoms with Crippen molar-refractivity contribution in [3.63, 3.8) is 0 Å². The van der Waals surface area contributed by atoms with Crippen LogP contribution in [0.5, 0.6) is 0 Å². The average Bonchev–Trinajstić information content (AvgIpc) is 2.53. The van der Waals surface area contributed by atoms with E-state index >= 15 is 0 Å². The highest BCUT2D eigenvalue weighted by molar-refractivity contribution is 7.23. The molecule has 0 spiro atoms. The summed E-state index contributed by atoms with van der Waals surface area (Å²) in [6.45, 7) is 14.3. The highest BCUT2D eigenvalue weighted by atomic mass is 31.1. The minimum absolute atomic E-state index is 0.196. The molecule has 4 heteroatoms. The molecule has 2 rings (SSSR count). The van der Waals surface area contributed by atoms with Crippen molar-refractivity contribution in [2.75, 3.05) is 6.16 Å². The molecule has 3 nitrogen and oxygen atoms in total. The molecular weight excluding hydrogens is 267 g/mol. The number of nitrogens with zero attached hydrogens (tertiary/aromatic N) is 2. The van der Waals surface area contributed by atoms with E-state index in [-0.39, 0.29) is 20.5 Å². The monoisotopic (exact) mass is 291 g/mol. The first-order chi connectivity index (χ1) is 9.78. The molecular formula is C16H24N2OP+. The van der Waals surface area contributed by atoms with Gasteiger partial charge in [-0.3, -0.25) is 0 Å². The van der Waals surface area contributed by atoms with Gasteiger partial charge in [-0.25, -0.2) is 13.1 Å². The van der Waals surface area contributed by atoms with E-state index in [1.165, 1.54) is 0 Å². The lowest BCUT2D eigenvalue weighted by molar-refractivity contribution is 0.158. The number of hydrogen-bond acceptors (Lipinski definition) is 1. The fourth-order valence-electron chi connectivity index (χ4n) is 4.13. The second kappa shape index (κ2) is 7.75. The molecule has 0 radical (unpaired) electrons. The number of hydrogen-bond donors (Lipinski definition) is 0. The quantitative estimate of drug-likeness (QED) is 0.550. The van der Waals surface area contributed by atoms with Gasteiger partial charge in [-0.1, -0.05) is 4.57 Å². The van der Waals surface area contributed by atoms with Crippen LogP contribution >= 0.6 is 8.46 Å². The van der Waals surface area contributed by atoms with Gasteiger partial charge >= 0.3 is 8.46 Å². The second-order valence-electron chi connectivity index (χ2n) is 6.41. The van der Waals surface area contributed by atoms with Crippen molar-refractivity contribution in [2.45, 2.75) is 63.5 Å². The third-order valence-electron chi connectivity index (χ3n) is 5.38. The van der Waals surface area contributed by atoms with Crippen LogP contribution in [0.3, 0.4) is 0 Å². The van der Waals surface area contributed by atoms with E-state index in [0.717, 1.165) is 57.5 Å². The molecule has 0 aromatic heterocycles. The van der Waals surface area contributed by atoms with E-state index in [0.29, 0.717) is 17.8 Å². The highest BCUT2D eigenvalue weighted by Crippen LogP contribution is 2.42. The van der Waals surface area contributed by atoms with Crippen LogP contribution in [0.15, 0.2) is 0 Å². The summed E-state index contributed by atoms with van der Waals surface area (Å²) in [5.41, 5.74) is 0. The smallest absolute Gasteiger partial charge is 0.314 e. The van der Waals surface area contributed by atoms with Gasteiger partial charge < -0.3 is 9.69 Å². The topological polar surface area (TPSA) is 25.8 Å². The molecule has 0 aliphatic heterocycles. The lowest BCUT2D eigenvalue weighted by Crippen LogP contribution is -2.32. The minimum atomic E-state index is -0.196.